The topological polar surface area (TPSA) is 24.7 Å². The first-order chi connectivity index (χ1) is 1.91. The van der Waals surface area contributed by atoms with Crippen LogP contribution in [0.25, 0.3) is 0 Å². The van der Waals surface area contributed by atoms with Gasteiger partial charge in [-0.25, -0.2) is 0 Å². The molecule has 0 N–H and O–H groups in total. The van der Waals surface area contributed by atoms with Crippen LogP contribution in [0.15, 0.2) is 10.2 Å². The standard InChI is InChI=1S/C2H6N2.Zn/c1-3-4-2;/h1-2H3;. The summed E-state index contributed by atoms with van der Waals surface area (Å²) in [5, 5.41) is 6.72. The minimum atomic E-state index is 0. The maximum Gasteiger partial charge on any atom is 0.0487 e. The molecular weight excluding hydrogens is 117 g/mol. The molecular formula is C2H6N2Zn. The molecule has 5 heavy (non-hydrogen) atoms. The normalized spacial score (nSPS) is 7.60. The third-order valence-corrected chi connectivity index (χ3v) is 0.200. The van der Waals surface area contributed by atoms with Crippen molar-refractivity contribution in [3.05, 3.63) is 0 Å². The molecule has 0 aromatic carbocycles. The van der Waals surface area contributed by atoms with Crippen LogP contribution in [-0.2, 0) is 19.5 Å². The van der Waals surface area contributed by atoms with Crippen LogP contribution in [0.2, 0.25) is 0 Å². The number of nitrogens with zero attached hydrogens (tertiary/aromatic N) is 2. The Kier molecular flexibility index (Phi) is 15.9. The van der Waals surface area contributed by atoms with Gasteiger partial charge in [-0.1, -0.05) is 0 Å². The first-order valence-electron chi connectivity index (χ1n) is 1.09. The van der Waals surface area contributed by atoms with E-state index in [0.29, 0.717) is 0 Å². The van der Waals surface area contributed by atoms with Gasteiger partial charge in [-0.3, -0.25) is 0 Å². The van der Waals surface area contributed by atoms with Gasteiger partial charge in [0.1, 0.15) is 0 Å². The van der Waals surface area contributed by atoms with Crippen LogP contribution in [0.1, 0.15) is 0 Å². The molecule has 3 heteroatoms. The summed E-state index contributed by atoms with van der Waals surface area (Å²) in [7, 11) is 3.28. The number of rotatable bonds is 0. The molecule has 0 rings (SSSR count). The average molecular weight is 123 g/mol. The summed E-state index contributed by atoms with van der Waals surface area (Å²) < 4.78 is 0. The SMILES string of the molecule is CN=NC.[Zn]. The summed E-state index contributed by atoms with van der Waals surface area (Å²) in [6, 6.07) is 0. The quantitative estimate of drug-likeness (QED) is 0.335. The first-order valence-corrected chi connectivity index (χ1v) is 1.09. The maximum atomic E-state index is 3.36. The van der Waals surface area contributed by atoms with Gasteiger partial charge in [-0.15, -0.1) is 0 Å². The van der Waals surface area contributed by atoms with Crippen molar-refractivity contribution in [3.63, 3.8) is 0 Å². The molecule has 0 radical (unpaired) electrons. The van der Waals surface area contributed by atoms with Crippen molar-refractivity contribution in [2.45, 2.75) is 0 Å². The van der Waals surface area contributed by atoms with Crippen molar-refractivity contribution in [2.75, 3.05) is 14.1 Å². The fraction of sp³-hybridized carbons (Fsp3) is 1.00. The second kappa shape index (κ2) is 8.88. The van der Waals surface area contributed by atoms with Gasteiger partial charge in [0, 0.05) is 33.6 Å². The molecule has 0 saturated carbocycles. The number of azo groups is 1. The van der Waals surface area contributed by atoms with Gasteiger partial charge in [0.15, 0.2) is 0 Å². The molecule has 0 aliphatic heterocycles. The number of hydrogen-bond acceptors (Lipinski definition) is 2. The van der Waals surface area contributed by atoms with Crippen LogP contribution in [0, 0.1) is 0 Å². The molecule has 0 aromatic heterocycles. The Hall–Kier alpha value is 0.223. The zero-order chi connectivity index (χ0) is 3.41. The Morgan fingerprint density at radius 1 is 1.00 bits per heavy atom. The molecule has 0 heterocycles. The van der Waals surface area contributed by atoms with Gasteiger partial charge < -0.3 is 0 Å². The monoisotopic (exact) mass is 122 g/mol. The van der Waals surface area contributed by atoms with E-state index in [1.54, 1.807) is 14.1 Å². The molecule has 0 aromatic rings. The molecule has 0 saturated heterocycles. The van der Waals surface area contributed by atoms with Crippen LogP contribution < -0.4 is 0 Å². The second-order valence-corrected chi connectivity index (χ2v) is 0.400. The van der Waals surface area contributed by atoms with Crippen LogP contribution in [-0.4, -0.2) is 14.1 Å². The molecule has 26 valence electrons. The molecule has 0 unspecified atom stereocenters. The van der Waals surface area contributed by atoms with Gasteiger partial charge in [-0.05, 0) is 0 Å². The molecule has 0 fully saturated rings. The van der Waals surface area contributed by atoms with Crippen molar-refractivity contribution in [1.29, 1.82) is 0 Å². The van der Waals surface area contributed by atoms with Gasteiger partial charge in [0.2, 0.25) is 0 Å². The van der Waals surface area contributed by atoms with Crippen molar-refractivity contribution < 1.29 is 19.5 Å². The predicted molar refractivity (Wildman–Crippen MR) is 16.7 cm³/mol. The van der Waals surface area contributed by atoms with Gasteiger partial charge in [-0.2, -0.15) is 10.2 Å². The van der Waals surface area contributed by atoms with Crippen molar-refractivity contribution in [2.24, 2.45) is 10.2 Å². The summed E-state index contributed by atoms with van der Waals surface area (Å²) in [5.74, 6) is 0. The van der Waals surface area contributed by atoms with E-state index in [1.165, 1.54) is 0 Å². The van der Waals surface area contributed by atoms with Crippen LogP contribution in [0.3, 0.4) is 0 Å². The van der Waals surface area contributed by atoms with Crippen molar-refractivity contribution in [1.82, 2.24) is 0 Å². The van der Waals surface area contributed by atoms with E-state index in [0.717, 1.165) is 0 Å². The van der Waals surface area contributed by atoms with E-state index in [9.17, 15) is 0 Å². The van der Waals surface area contributed by atoms with Crippen LogP contribution >= 0.6 is 0 Å². The van der Waals surface area contributed by atoms with E-state index in [2.05, 4.69) is 10.2 Å². The molecule has 0 aliphatic rings. The zero-order valence-corrected chi connectivity index (χ0v) is 6.57. The molecule has 0 atom stereocenters. The molecule has 0 amide bonds. The molecule has 0 aliphatic carbocycles. The second-order valence-electron chi connectivity index (χ2n) is 0.400. The Morgan fingerprint density at radius 3 is 1.20 bits per heavy atom. The van der Waals surface area contributed by atoms with Crippen molar-refractivity contribution >= 4 is 0 Å². The van der Waals surface area contributed by atoms with Gasteiger partial charge in [0.05, 0.1) is 0 Å². The van der Waals surface area contributed by atoms with Crippen LogP contribution in [0.4, 0.5) is 0 Å². The third-order valence-electron chi connectivity index (χ3n) is 0.200. The largest absolute Gasteiger partial charge is 0.198 e. The van der Waals surface area contributed by atoms with E-state index >= 15 is 0 Å². The predicted octanol–water partition coefficient (Wildman–Crippen LogP) is 0.696. The Labute approximate surface area is 44.4 Å². The number of hydrogen-bond donors (Lipinski definition) is 0. The van der Waals surface area contributed by atoms with Gasteiger partial charge >= 0.3 is 0 Å². The molecule has 0 bridgehead atoms. The molecule has 2 nitrogen and oxygen atoms in total. The Balaban J connectivity index is 0. The smallest absolute Gasteiger partial charge is 0.0487 e. The van der Waals surface area contributed by atoms with E-state index in [4.69, 9.17) is 0 Å². The first kappa shape index (κ1) is 8.97. The van der Waals surface area contributed by atoms with E-state index in [1.807, 2.05) is 0 Å². The fourth-order valence-corrected chi connectivity index (χ4v) is 0. The summed E-state index contributed by atoms with van der Waals surface area (Å²) in [5.41, 5.74) is 0. The summed E-state index contributed by atoms with van der Waals surface area (Å²) in [6.07, 6.45) is 0. The summed E-state index contributed by atoms with van der Waals surface area (Å²) >= 11 is 0. The zero-order valence-electron chi connectivity index (χ0n) is 3.60. The fourth-order valence-electron chi connectivity index (χ4n) is 0. The maximum absolute atomic E-state index is 3.36. The van der Waals surface area contributed by atoms with Gasteiger partial charge in [0.25, 0.3) is 0 Å². The van der Waals surface area contributed by atoms with Crippen molar-refractivity contribution in [3.8, 4) is 0 Å². The average Bonchev–Trinajstić information content (AvgIpc) is 1.37. The van der Waals surface area contributed by atoms with Crippen LogP contribution in [0.5, 0.6) is 0 Å². The Bertz CT molecular complexity index is 22.8. The minimum absolute atomic E-state index is 0. The minimum Gasteiger partial charge on any atom is -0.198 e. The Morgan fingerprint density at radius 2 is 1.20 bits per heavy atom. The summed E-state index contributed by atoms with van der Waals surface area (Å²) in [4.78, 5) is 0. The third kappa shape index (κ3) is 13.9. The van der Waals surface area contributed by atoms with E-state index < -0.39 is 0 Å². The molecule has 0 spiro atoms. The summed E-state index contributed by atoms with van der Waals surface area (Å²) in [6.45, 7) is 0. The van der Waals surface area contributed by atoms with E-state index in [-0.39, 0.29) is 19.5 Å².